The van der Waals surface area contributed by atoms with Crippen molar-refractivity contribution in [3.05, 3.63) is 36.7 Å². The van der Waals surface area contributed by atoms with Crippen molar-refractivity contribution in [1.29, 1.82) is 0 Å². The number of hydrogen-bond donors (Lipinski definition) is 1. The highest BCUT2D eigenvalue weighted by Crippen LogP contribution is 2.43. The van der Waals surface area contributed by atoms with Gasteiger partial charge in [0.1, 0.15) is 0 Å². The van der Waals surface area contributed by atoms with Gasteiger partial charge in [0.05, 0.1) is 30.4 Å². The van der Waals surface area contributed by atoms with Gasteiger partial charge in [-0.05, 0) is 49.9 Å². The Balaban J connectivity index is 1.53. The van der Waals surface area contributed by atoms with E-state index in [0.717, 1.165) is 12.8 Å². The van der Waals surface area contributed by atoms with Crippen molar-refractivity contribution >= 4 is 21.8 Å². The van der Waals surface area contributed by atoms with E-state index in [-0.39, 0.29) is 23.0 Å². The number of benzene rings is 1. The van der Waals surface area contributed by atoms with Crippen LogP contribution in [0.4, 0.5) is 10.5 Å². The Kier molecular flexibility index (Phi) is 4.60. The van der Waals surface area contributed by atoms with Crippen LogP contribution in [0.2, 0.25) is 0 Å². The predicted molar refractivity (Wildman–Crippen MR) is 96.6 cm³/mol. The molecule has 0 spiro atoms. The van der Waals surface area contributed by atoms with Gasteiger partial charge < -0.3 is 4.74 Å². The van der Waals surface area contributed by atoms with Gasteiger partial charge in [-0.2, -0.15) is 19.3 Å². The van der Waals surface area contributed by atoms with Gasteiger partial charge in [0, 0.05) is 17.8 Å². The summed E-state index contributed by atoms with van der Waals surface area (Å²) in [4.78, 5) is 13.2. The summed E-state index contributed by atoms with van der Waals surface area (Å²) in [6, 6.07) is 6.20. The van der Waals surface area contributed by atoms with E-state index in [1.807, 2.05) is 0 Å². The third kappa shape index (κ3) is 3.30. The van der Waals surface area contributed by atoms with E-state index in [0.29, 0.717) is 18.5 Å². The molecule has 4 rings (SSSR count). The van der Waals surface area contributed by atoms with Gasteiger partial charge in [0.25, 0.3) is 0 Å². The number of hydrogen-bond acceptors (Lipinski definition) is 6. The van der Waals surface area contributed by atoms with E-state index in [9.17, 15) is 13.2 Å². The molecule has 10 heteroatoms. The molecule has 2 aliphatic heterocycles. The number of carbonyl (C=O) groups is 1. The lowest BCUT2D eigenvalue weighted by Crippen LogP contribution is -2.47. The standard InChI is InChI=1S/C17H21N5O4S/c1-26-17(23)20-12-2-6-16(7-3-12)27(24,25)21-13-4-5-14(21)11-15(10-13)22-18-8-9-19-22/h2-3,6-9,13-15H,4-5,10-11H2,1H3,(H,20,23). The van der Waals surface area contributed by atoms with Crippen LogP contribution in [0.25, 0.3) is 0 Å². The lowest BCUT2D eigenvalue weighted by atomic mass is 10.0. The minimum absolute atomic E-state index is 0.0439. The summed E-state index contributed by atoms with van der Waals surface area (Å²) in [5.74, 6) is 0. The molecule has 2 unspecified atom stereocenters. The zero-order chi connectivity index (χ0) is 19.0. The number of nitrogens with zero attached hydrogens (tertiary/aromatic N) is 4. The van der Waals surface area contributed by atoms with Crippen LogP contribution in [0.15, 0.2) is 41.6 Å². The minimum Gasteiger partial charge on any atom is -0.453 e. The molecule has 9 nitrogen and oxygen atoms in total. The molecule has 0 radical (unpaired) electrons. The number of ether oxygens (including phenoxy) is 1. The second-order valence-corrected chi connectivity index (χ2v) is 8.68. The van der Waals surface area contributed by atoms with Gasteiger partial charge in [0.2, 0.25) is 10.0 Å². The van der Waals surface area contributed by atoms with Gasteiger partial charge in [-0.15, -0.1) is 0 Å². The molecule has 2 atom stereocenters. The number of amides is 1. The summed E-state index contributed by atoms with van der Waals surface area (Å²) in [5, 5.41) is 10.9. The second kappa shape index (κ2) is 6.93. The average Bonchev–Trinajstić information content (AvgIpc) is 3.29. The number of nitrogens with one attached hydrogen (secondary N) is 1. The Morgan fingerprint density at radius 1 is 1.07 bits per heavy atom. The molecule has 2 aromatic rings. The van der Waals surface area contributed by atoms with Crippen LogP contribution in [-0.2, 0) is 14.8 Å². The first-order chi connectivity index (χ1) is 13.0. The Morgan fingerprint density at radius 2 is 1.67 bits per heavy atom. The van der Waals surface area contributed by atoms with Crippen molar-refractivity contribution in [2.24, 2.45) is 0 Å². The van der Waals surface area contributed by atoms with Crippen molar-refractivity contribution in [2.45, 2.75) is 48.7 Å². The molecule has 1 amide bonds. The summed E-state index contributed by atoms with van der Waals surface area (Å²) in [7, 11) is -2.33. The van der Waals surface area contributed by atoms with Gasteiger partial charge in [0.15, 0.2) is 0 Å². The number of aromatic nitrogens is 3. The van der Waals surface area contributed by atoms with Crippen molar-refractivity contribution in [3.63, 3.8) is 0 Å². The molecule has 2 bridgehead atoms. The summed E-state index contributed by atoms with van der Waals surface area (Å²) in [6.07, 6.45) is 5.83. The molecule has 1 aromatic heterocycles. The Bertz CT molecular complexity index is 899. The largest absolute Gasteiger partial charge is 0.453 e. The summed E-state index contributed by atoms with van der Waals surface area (Å²) in [6.45, 7) is 0. The number of anilines is 1. The minimum atomic E-state index is -3.60. The van der Waals surface area contributed by atoms with E-state index in [1.165, 1.54) is 19.2 Å². The van der Waals surface area contributed by atoms with Crippen LogP contribution < -0.4 is 5.32 Å². The maximum Gasteiger partial charge on any atom is 0.411 e. The molecule has 0 aliphatic carbocycles. The van der Waals surface area contributed by atoms with Gasteiger partial charge >= 0.3 is 6.09 Å². The highest BCUT2D eigenvalue weighted by molar-refractivity contribution is 7.89. The quantitative estimate of drug-likeness (QED) is 0.854. The first-order valence-electron chi connectivity index (χ1n) is 8.83. The molecule has 0 saturated carbocycles. The van der Waals surface area contributed by atoms with Crippen LogP contribution in [0.3, 0.4) is 0 Å². The second-order valence-electron chi connectivity index (χ2n) is 6.84. The maximum absolute atomic E-state index is 13.2. The molecule has 27 heavy (non-hydrogen) atoms. The van der Waals surface area contributed by atoms with E-state index in [4.69, 9.17) is 0 Å². The molecule has 1 aromatic carbocycles. The summed E-state index contributed by atoms with van der Waals surface area (Å²) < 4.78 is 32.6. The first kappa shape index (κ1) is 17.9. The van der Waals surface area contributed by atoms with Crippen LogP contribution >= 0.6 is 0 Å². The van der Waals surface area contributed by atoms with Crippen molar-refractivity contribution in [3.8, 4) is 0 Å². The monoisotopic (exact) mass is 391 g/mol. The number of fused-ring (bicyclic) bond motifs is 2. The van der Waals surface area contributed by atoms with Gasteiger partial charge in [-0.3, -0.25) is 5.32 Å². The highest BCUT2D eigenvalue weighted by Gasteiger charge is 2.48. The number of piperidine rings is 1. The van der Waals surface area contributed by atoms with E-state index in [1.54, 1.807) is 33.6 Å². The number of sulfonamides is 1. The van der Waals surface area contributed by atoms with Gasteiger partial charge in [-0.25, -0.2) is 13.2 Å². The predicted octanol–water partition coefficient (Wildman–Crippen LogP) is 2.01. The molecule has 2 fully saturated rings. The SMILES string of the molecule is COC(=O)Nc1ccc(S(=O)(=O)N2C3CCC2CC(n2nccn2)C3)cc1. The third-order valence-corrected chi connectivity index (χ3v) is 7.29. The molecular formula is C17H21N5O4S. The third-order valence-electron chi connectivity index (χ3n) is 5.27. The molecule has 3 heterocycles. The van der Waals surface area contributed by atoms with E-state index < -0.39 is 16.1 Å². The van der Waals surface area contributed by atoms with Crippen LogP contribution in [0, 0.1) is 0 Å². The topological polar surface area (TPSA) is 106 Å². The van der Waals surface area contributed by atoms with Crippen molar-refractivity contribution in [2.75, 3.05) is 12.4 Å². The first-order valence-corrected chi connectivity index (χ1v) is 10.3. The molecular weight excluding hydrogens is 370 g/mol. The number of rotatable bonds is 4. The summed E-state index contributed by atoms with van der Waals surface area (Å²) >= 11 is 0. The Morgan fingerprint density at radius 3 is 2.22 bits per heavy atom. The van der Waals surface area contributed by atoms with E-state index in [2.05, 4.69) is 20.3 Å². The highest BCUT2D eigenvalue weighted by atomic mass is 32.2. The average molecular weight is 391 g/mol. The van der Waals surface area contributed by atoms with Crippen LogP contribution in [0.1, 0.15) is 31.7 Å². The normalized spacial score (nSPS) is 25.3. The zero-order valence-corrected chi connectivity index (χ0v) is 15.7. The maximum atomic E-state index is 13.2. The fraction of sp³-hybridized carbons (Fsp3) is 0.471. The number of carbonyl (C=O) groups excluding carboxylic acids is 1. The Labute approximate surface area is 157 Å². The number of methoxy groups -OCH3 is 1. The Hall–Kier alpha value is -2.46. The van der Waals surface area contributed by atoms with Gasteiger partial charge in [-0.1, -0.05) is 0 Å². The summed E-state index contributed by atoms with van der Waals surface area (Å²) in [5.41, 5.74) is 0.479. The smallest absolute Gasteiger partial charge is 0.411 e. The molecule has 2 saturated heterocycles. The lowest BCUT2D eigenvalue weighted by Gasteiger charge is -2.37. The fourth-order valence-corrected chi connectivity index (χ4v) is 5.99. The van der Waals surface area contributed by atoms with Crippen molar-refractivity contribution in [1.82, 2.24) is 19.3 Å². The molecule has 144 valence electrons. The van der Waals surface area contributed by atoms with Crippen molar-refractivity contribution < 1.29 is 17.9 Å². The fourth-order valence-electron chi connectivity index (χ4n) is 4.10. The molecule has 2 aliphatic rings. The van der Waals surface area contributed by atoms with Crippen LogP contribution in [-0.4, -0.2) is 53.0 Å². The lowest BCUT2D eigenvalue weighted by molar-refractivity contribution is 0.174. The van der Waals surface area contributed by atoms with E-state index >= 15 is 0 Å². The molecule has 1 N–H and O–H groups in total. The van der Waals surface area contributed by atoms with Crippen LogP contribution in [0.5, 0.6) is 0 Å². The zero-order valence-electron chi connectivity index (χ0n) is 14.9.